The van der Waals surface area contributed by atoms with E-state index in [0.29, 0.717) is 65.8 Å². The monoisotopic (exact) mass is 530 g/mol. The molecule has 0 radical (unpaired) electrons. The molecule has 1 aromatic heterocycles. The Labute approximate surface area is 225 Å². The summed E-state index contributed by atoms with van der Waals surface area (Å²) in [4.78, 5) is 40.5. The average molecular weight is 531 g/mol. The number of hydrogen-bond acceptors (Lipinski definition) is 7. The number of carbonyl (C=O) groups excluding carboxylic acids is 3. The normalized spacial score (nSPS) is 16.9. The Morgan fingerprint density at radius 1 is 0.974 bits per heavy atom. The van der Waals surface area contributed by atoms with Crippen molar-refractivity contribution in [3.8, 4) is 28.3 Å². The van der Waals surface area contributed by atoms with E-state index < -0.39 is 6.03 Å². The van der Waals surface area contributed by atoms with Gasteiger partial charge in [0, 0.05) is 37.3 Å². The fourth-order valence-electron chi connectivity index (χ4n) is 5.26. The van der Waals surface area contributed by atoms with Crippen molar-refractivity contribution in [1.29, 1.82) is 0 Å². The second kappa shape index (κ2) is 10.9. The van der Waals surface area contributed by atoms with Gasteiger partial charge in [0.1, 0.15) is 11.4 Å². The highest BCUT2D eigenvalue weighted by molar-refractivity contribution is 6.26. The summed E-state index contributed by atoms with van der Waals surface area (Å²) in [5.74, 6) is 0.364. The lowest BCUT2D eigenvalue weighted by Crippen LogP contribution is -2.49. The van der Waals surface area contributed by atoms with Gasteiger partial charge < -0.3 is 19.7 Å². The minimum Gasteiger partial charge on any atom is -0.484 e. The van der Waals surface area contributed by atoms with Crippen LogP contribution in [0.5, 0.6) is 5.75 Å². The van der Waals surface area contributed by atoms with E-state index in [1.807, 2.05) is 23.1 Å². The SMILES string of the molecule is O=C(Nc1cccc2c1C(=O)c1c-2n[nH]c1-c1ccc(OCC(=O)N2CCCCC2)cc1)NN1CCOCC1. The van der Waals surface area contributed by atoms with Gasteiger partial charge in [0.2, 0.25) is 0 Å². The number of piperidine rings is 1. The zero-order chi connectivity index (χ0) is 26.8. The molecule has 3 aromatic rings. The van der Waals surface area contributed by atoms with Crippen LogP contribution < -0.4 is 15.5 Å². The number of hydrogen-bond donors (Lipinski definition) is 3. The number of fused-ring (bicyclic) bond motifs is 3. The van der Waals surface area contributed by atoms with Gasteiger partial charge in [0.15, 0.2) is 12.4 Å². The Kier molecular flexibility index (Phi) is 6.99. The Balaban J connectivity index is 1.15. The van der Waals surface area contributed by atoms with E-state index in [1.54, 1.807) is 29.3 Å². The third-order valence-corrected chi connectivity index (χ3v) is 7.27. The van der Waals surface area contributed by atoms with E-state index in [9.17, 15) is 14.4 Å². The van der Waals surface area contributed by atoms with Gasteiger partial charge in [-0.3, -0.25) is 20.1 Å². The molecular weight excluding hydrogens is 500 g/mol. The van der Waals surface area contributed by atoms with Crippen molar-refractivity contribution < 1.29 is 23.9 Å². The summed E-state index contributed by atoms with van der Waals surface area (Å²) in [6.45, 7) is 3.87. The van der Waals surface area contributed by atoms with Crippen LogP contribution >= 0.6 is 0 Å². The summed E-state index contributed by atoms with van der Waals surface area (Å²) in [6.07, 6.45) is 3.24. The molecular formula is C28H30N6O5. The number of urea groups is 1. The van der Waals surface area contributed by atoms with Crippen molar-refractivity contribution >= 4 is 23.4 Å². The summed E-state index contributed by atoms with van der Waals surface area (Å²) in [6, 6.07) is 12.1. The van der Waals surface area contributed by atoms with Crippen molar-refractivity contribution in [1.82, 2.24) is 25.5 Å². The van der Waals surface area contributed by atoms with Crippen LogP contribution in [-0.2, 0) is 9.53 Å². The van der Waals surface area contributed by atoms with E-state index >= 15 is 0 Å². The first-order chi connectivity index (χ1) is 19.1. The third kappa shape index (κ3) is 5.10. The van der Waals surface area contributed by atoms with E-state index in [0.717, 1.165) is 31.5 Å². The molecule has 3 heterocycles. The number of aromatic nitrogens is 2. The fourth-order valence-corrected chi connectivity index (χ4v) is 5.26. The van der Waals surface area contributed by atoms with Crippen molar-refractivity contribution in [2.45, 2.75) is 19.3 Å². The topological polar surface area (TPSA) is 129 Å². The molecule has 2 aliphatic heterocycles. The highest BCUT2D eigenvalue weighted by Gasteiger charge is 2.35. The molecule has 1 aliphatic carbocycles. The first kappa shape index (κ1) is 25.1. The Morgan fingerprint density at radius 2 is 1.74 bits per heavy atom. The molecule has 0 unspecified atom stereocenters. The van der Waals surface area contributed by atoms with Gasteiger partial charge in [-0.1, -0.05) is 12.1 Å². The number of ketones is 1. The zero-order valence-corrected chi connectivity index (χ0v) is 21.5. The lowest BCUT2D eigenvalue weighted by Gasteiger charge is -2.27. The predicted molar refractivity (Wildman–Crippen MR) is 143 cm³/mol. The standard InChI is InChI=1S/C28H30N6O5/c35-22(33-11-2-1-3-12-33)17-39-19-9-7-18(8-10-19)25-24-26(31-30-25)20-5-4-6-21(23(20)27(24)36)29-28(37)32-34-13-15-38-16-14-34/h4-10H,1-3,11-17H2,(H,30,31)(H2,29,32,37). The number of hydrazine groups is 1. The summed E-state index contributed by atoms with van der Waals surface area (Å²) in [7, 11) is 0. The van der Waals surface area contributed by atoms with Gasteiger partial charge in [-0.25, -0.2) is 9.80 Å². The van der Waals surface area contributed by atoms with E-state index in [1.165, 1.54) is 6.42 Å². The van der Waals surface area contributed by atoms with E-state index in [4.69, 9.17) is 9.47 Å². The van der Waals surface area contributed by atoms with Gasteiger partial charge in [-0.2, -0.15) is 5.10 Å². The van der Waals surface area contributed by atoms with Crippen LogP contribution in [0.2, 0.25) is 0 Å². The Bertz CT molecular complexity index is 1390. The number of rotatable bonds is 6. The molecule has 2 saturated heterocycles. The largest absolute Gasteiger partial charge is 0.484 e. The highest BCUT2D eigenvalue weighted by Crippen LogP contribution is 2.43. The predicted octanol–water partition coefficient (Wildman–Crippen LogP) is 3.05. The highest BCUT2D eigenvalue weighted by atomic mass is 16.5. The van der Waals surface area contributed by atoms with E-state index in [-0.39, 0.29) is 18.3 Å². The van der Waals surface area contributed by atoms with Crippen molar-refractivity contribution in [2.75, 3.05) is 51.3 Å². The van der Waals surface area contributed by atoms with Crippen LogP contribution in [0, 0.1) is 0 Å². The molecule has 3 N–H and O–H groups in total. The lowest BCUT2D eigenvalue weighted by atomic mass is 10.0. The zero-order valence-electron chi connectivity index (χ0n) is 21.5. The van der Waals surface area contributed by atoms with Crippen LogP contribution in [0.4, 0.5) is 10.5 Å². The second-order valence-electron chi connectivity index (χ2n) is 9.80. The van der Waals surface area contributed by atoms with Crippen LogP contribution in [0.1, 0.15) is 35.2 Å². The molecule has 2 aromatic carbocycles. The Morgan fingerprint density at radius 3 is 2.51 bits per heavy atom. The molecule has 6 rings (SSSR count). The molecule has 2 fully saturated rings. The number of anilines is 1. The number of nitrogens with zero attached hydrogens (tertiary/aromatic N) is 3. The van der Waals surface area contributed by atoms with Gasteiger partial charge in [0.25, 0.3) is 5.91 Å². The van der Waals surface area contributed by atoms with Gasteiger partial charge in [0.05, 0.1) is 35.7 Å². The smallest absolute Gasteiger partial charge is 0.333 e. The molecule has 202 valence electrons. The van der Waals surface area contributed by atoms with Crippen LogP contribution in [0.25, 0.3) is 22.5 Å². The Hall–Kier alpha value is -4.22. The number of likely N-dealkylation sites (tertiary alicyclic amines) is 1. The number of aromatic amines is 1. The van der Waals surface area contributed by atoms with Crippen LogP contribution in [0.3, 0.4) is 0 Å². The molecule has 3 aliphatic rings. The number of amides is 3. The van der Waals surface area contributed by atoms with Crippen molar-refractivity contribution in [3.63, 3.8) is 0 Å². The minimum atomic E-state index is -0.418. The molecule has 0 saturated carbocycles. The number of morpholine rings is 1. The van der Waals surface area contributed by atoms with Crippen molar-refractivity contribution in [3.05, 3.63) is 53.6 Å². The summed E-state index contributed by atoms with van der Waals surface area (Å²) in [5.41, 5.74) is 6.67. The fraction of sp³-hybridized carbons (Fsp3) is 0.357. The number of ether oxygens (including phenoxy) is 2. The lowest BCUT2D eigenvalue weighted by molar-refractivity contribution is -0.134. The summed E-state index contributed by atoms with van der Waals surface area (Å²) < 4.78 is 11.0. The summed E-state index contributed by atoms with van der Waals surface area (Å²) in [5, 5.41) is 12.0. The number of carbonyl (C=O) groups is 3. The van der Waals surface area contributed by atoms with Gasteiger partial charge >= 0.3 is 6.03 Å². The summed E-state index contributed by atoms with van der Waals surface area (Å²) >= 11 is 0. The molecule has 39 heavy (non-hydrogen) atoms. The maximum Gasteiger partial charge on any atom is 0.333 e. The first-order valence-corrected chi connectivity index (χ1v) is 13.3. The minimum absolute atomic E-state index is 0.00148. The molecule has 3 amide bonds. The molecule has 0 bridgehead atoms. The first-order valence-electron chi connectivity index (χ1n) is 13.3. The molecule has 11 heteroatoms. The number of benzene rings is 2. The van der Waals surface area contributed by atoms with Crippen LogP contribution in [-0.4, -0.2) is 83.8 Å². The number of nitrogens with one attached hydrogen (secondary N) is 3. The van der Waals surface area contributed by atoms with Crippen LogP contribution in [0.15, 0.2) is 42.5 Å². The second-order valence-corrected chi connectivity index (χ2v) is 9.80. The maximum absolute atomic E-state index is 13.6. The quantitative estimate of drug-likeness (QED) is 0.350. The third-order valence-electron chi connectivity index (χ3n) is 7.27. The molecule has 0 spiro atoms. The maximum atomic E-state index is 13.6. The van der Waals surface area contributed by atoms with Crippen molar-refractivity contribution in [2.24, 2.45) is 0 Å². The van der Waals surface area contributed by atoms with E-state index in [2.05, 4.69) is 20.9 Å². The van der Waals surface area contributed by atoms with Gasteiger partial charge in [-0.05, 0) is 49.6 Å². The molecule has 0 atom stereocenters. The van der Waals surface area contributed by atoms with Gasteiger partial charge in [-0.15, -0.1) is 0 Å². The average Bonchev–Trinajstić information content (AvgIpc) is 3.53. The molecule has 11 nitrogen and oxygen atoms in total. The number of H-pyrrole nitrogens is 1.